The summed E-state index contributed by atoms with van der Waals surface area (Å²) in [6.07, 6.45) is 0. The molecule has 6 nitrogen and oxygen atoms in total. The predicted octanol–water partition coefficient (Wildman–Crippen LogP) is 4.08. The molecule has 1 N–H and O–H groups in total. The minimum Gasteiger partial charge on any atom is -0.497 e. The van der Waals surface area contributed by atoms with Crippen molar-refractivity contribution in [2.75, 3.05) is 23.9 Å². The van der Waals surface area contributed by atoms with E-state index in [9.17, 15) is 9.59 Å². The summed E-state index contributed by atoms with van der Waals surface area (Å²) in [7, 11) is 1.59. The number of amides is 1. The third-order valence-electron chi connectivity index (χ3n) is 4.56. The lowest BCUT2D eigenvalue weighted by molar-refractivity contribution is -0.147. The van der Waals surface area contributed by atoms with Crippen LogP contribution in [0.5, 0.6) is 5.75 Å². The van der Waals surface area contributed by atoms with Gasteiger partial charge in [-0.3, -0.25) is 9.69 Å². The maximum Gasteiger partial charge on any atom is 0.337 e. The molecule has 1 amide bonds. The number of nitrogens with one attached hydrogen (secondary N) is 1. The summed E-state index contributed by atoms with van der Waals surface area (Å²) in [6.45, 7) is 3.62. The van der Waals surface area contributed by atoms with E-state index in [-0.39, 0.29) is 18.2 Å². The lowest BCUT2D eigenvalue weighted by atomic mass is 10.0. The Morgan fingerprint density at radius 1 is 1.14 bits per heavy atom. The Hall–Kier alpha value is -2.80. The largest absolute Gasteiger partial charge is 0.497 e. The molecule has 0 fully saturated rings. The van der Waals surface area contributed by atoms with Crippen LogP contribution in [-0.4, -0.2) is 31.1 Å². The zero-order chi connectivity index (χ0) is 20.3. The molecule has 0 radical (unpaired) electrons. The molecule has 7 heteroatoms. The molecule has 0 spiro atoms. The van der Waals surface area contributed by atoms with E-state index < -0.39 is 11.5 Å². The molecule has 0 aliphatic carbocycles. The van der Waals surface area contributed by atoms with Gasteiger partial charge in [-0.15, -0.1) is 0 Å². The van der Waals surface area contributed by atoms with Crippen molar-refractivity contribution in [1.29, 1.82) is 0 Å². The third-order valence-corrected chi connectivity index (χ3v) is 5.73. The number of nitrogens with zero attached hydrogens (tertiary/aromatic N) is 1. The van der Waals surface area contributed by atoms with Crippen molar-refractivity contribution >= 4 is 39.2 Å². The fourth-order valence-electron chi connectivity index (χ4n) is 3.08. The number of hydrogen-bond donors (Lipinski definition) is 1. The molecule has 0 aromatic heterocycles. The highest BCUT2D eigenvalue weighted by Crippen LogP contribution is 2.43. The molecule has 1 aliphatic rings. The van der Waals surface area contributed by atoms with Crippen molar-refractivity contribution in [1.82, 2.24) is 0 Å². The zero-order valence-electron chi connectivity index (χ0n) is 15.9. The molecule has 1 unspecified atom stereocenters. The summed E-state index contributed by atoms with van der Waals surface area (Å²) in [5.74, 6) is -0.131. The van der Waals surface area contributed by atoms with Gasteiger partial charge in [0.15, 0.2) is 5.54 Å². The number of carbonyl (C=O) groups excluding carboxylic acids is 2. The highest BCUT2D eigenvalue weighted by atomic mass is 79.9. The van der Waals surface area contributed by atoms with Crippen molar-refractivity contribution in [3.63, 3.8) is 0 Å². The average Bonchev–Trinajstić information content (AvgIpc) is 2.91. The lowest BCUT2D eigenvalue weighted by Gasteiger charge is -2.33. The molecule has 0 saturated heterocycles. The fourth-order valence-corrected chi connectivity index (χ4v) is 3.69. The van der Waals surface area contributed by atoms with Crippen molar-refractivity contribution < 1.29 is 19.1 Å². The molecule has 1 aliphatic heterocycles. The first-order chi connectivity index (χ1) is 13.4. The maximum atomic E-state index is 13.3. The fraction of sp³-hybridized carbons (Fsp3) is 0.238. The monoisotopic (exact) mass is 444 g/mol. The molecule has 3 rings (SSSR count). The summed E-state index contributed by atoms with van der Waals surface area (Å²) < 4.78 is 10.9. The van der Waals surface area contributed by atoms with E-state index in [1.54, 1.807) is 57.4 Å². The van der Waals surface area contributed by atoms with Crippen LogP contribution in [0.3, 0.4) is 0 Å². The molecule has 146 valence electrons. The zero-order valence-corrected chi connectivity index (χ0v) is 17.4. The van der Waals surface area contributed by atoms with Gasteiger partial charge in [0.2, 0.25) is 0 Å². The first-order valence-electron chi connectivity index (χ1n) is 8.81. The summed E-state index contributed by atoms with van der Waals surface area (Å²) >= 11 is 3.49. The van der Waals surface area contributed by atoms with Gasteiger partial charge >= 0.3 is 5.97 Å². The Morgan fingerprint density at radius 2 is 1.79 bits per heavy atom. The second-order valence-corrected chi connectivity index (χ2v) is 7.10. The van der Waals surface area contributed by atoms with E-state index in [4.69, 9.17) is 9.47 Å². The molecule has 1 atom stereocenters. The summed E-state index contributed by atoms with van der Waals surface area (Å²) in [4.78, 5) is 27.6. The van der Waals surface area contributed by atoms with E-state index in [1.165, 1.54) is 4.90 Å². The number of esters is 1. The Morgan fingerprint density at radius 3 is 2.36 bits per heavy atom. The van der Waals surface area contributed by atoms with Crippen LogP contribution in [0.15, 0.2) is 64.8 Å². The van der Waals surface area contributed by atoms with Crippen LogP contribution in [0.1, 0.15) is 13.8 Å². The standard InChI is InChI=1S/C21H21BrN2O4/c1-4-28-20(26)21(2)18(22)17(23-14-10-12-16(27-3)13-11-14)19(25)24(21)15-8-6-5-7-9-15/h5-13,23H,4H2,1-3H3. The average molecular weight is 445 g/mol. The summed E-state index contributed by atoms with van der Waals surface area (Å²) in [5.41, 5.74) is 0.266. The highest BCUT2D eigenvalue weighted by Gasteiger charge is 2.54. The summed E-state index contributed by atoms with van der Waals surface area (Å²) in [6, 6.07) is 16.2. The molecule has 0 saturated carbocycles. The maximum absolute atomic E-state index is 13.3. The van der Waals surface area contributed by atoms with E-state index in [0.29, 0.717) is 21.6 Å². The Labute approximate surface area is 172 Å². The number of ether oxygens (including phenoxy) is 2. The number of anilines is 2. The van der Waals surface area contributed by atoms with Gasteiger partial charge in [-0.25, -0.2) is 4.79 Å². The van der Waals surface area contributed by atoms with E-state index in [0.717, 1.165) is 0 Å². The lowest BCUT2D eigenvalue weighted by Crippen LogP contribution is -2.52. The molecule has 2 aromatic rings. The van der Waals surface area contributed by atoms with Crippen LogP contribution >= 0.6 is 15.9 Å². The minimum atomic E-state index is -1.32. The van der Waals surface area contributed by atoms with Crippen molar-refractivity contribution in [3.8, 4) is 5.75 Å². The van der Waals surface area contributed by atoms with Gasteiger partial charge in [0, 0.05) is 11.4 Å². The number of halogens is 1. The number of rotatable bonds is 6. The second kappa shape index (κ2) is 8.06. The Balaban J connectivity index is 2.04. The third kappa shape index (κ3) is 3.38. The van der Waals surface area contributed by atoms with Crippen LogP contribution in [0, 0.1) is 0 Å². The van der Waals surface area contributed by atoms with Crippen LogP contribution in [0.2, 0.25) is 0 Å². The van der Waals surface area contributed by atoms with Gasteiger partial charge in [0.05, 0.1) is 18.2 Å². The van der Waals surface area contributed by atoms with Crippen molar-refractivity contribution in [3.05, 3.63) is 64.8 Å². The van der Waals surface area contributed by atoms with Crippen LogP contribution in [0.4, 0.5) is 11.4 Å². The van der Waals surface area contributed by atoms with Gasteiger partial charge < -0.3 is 14.8 Å². The number of hydrogen-bond acceptors (Lipinski definition) is 5. The van der Waals surface area contributed by atoms with E-state index in [2.05, 4.69) is 21.2 Å². The molecule has 2 aromatic carbocycles. The number of benzene rings is 2. The number of carbonyl (C=O) groups is 2. The van der Waals surface area contributed by atoms with Crippen molar-refractivity contribution in [2.24, 2.45) is 0 Å². The Kier molecular flexibility index (Phi) is 5.74. The minimum absolute atomic E-state index is 0.215. The molecule has 28 heavy (non-hydrogen) atoms. The highest BCUT2D eigenvalue weighted by molar-refractivity contribution is 9.11. The van der Waals surface area contributed by atoms with Crippen LogP contribution in [-0.2, 0) is 14.3 Å². The van der Waals surface area contributed by atoms with E-state index in [1.807, 2.05) is 18.2 Å². The van der Waals surface area contributed by atoms with Gasteiger partial charge in [0.1, 0.15) is 11.4 Å². The smallest absolute Gasteiger partial charge is 0.337 e. The van der Waals surface area contributed by atoms with Crippen molar-refractivity contribution in [2.45, 2.75) is 19.4 Å². The molecule has 1 heterocycles. The van der Waals surface area contributed by atoms with Gasteiger partial charge in [-0.05, 0) is 66.2 Å². The van der Waals surface area contributed by atoms with E-state index >= 15 is 0 Å². The first-order valence-corrected chi connectivity index (χ1v) is 9.61. The normalized spacial score (nSPS) is 19.0. The van der Waals surface area contributed by atoms with Gasteiger partial charge in [-0.1, -0.05) is 18.2 Å². The topological polar surface area (TPSA) is 67.9 Å². The molecular weight excluding hydrogens is 424 g/mol. The van der Waals surface area contributed by atoms with Gasteiger partial charge in [-0.2, -0.15) is 0 Å². The quantitative estimate of drug-likeness (QED) is 0.679. The number of methoxy groups -OCH3 is 1. The van der Waals surface area contributed by atoms with Crippen LogP contribution < -0.4 is 15.0 Å². The summed E-state index contributed by atoms with van der Waals surface area (Å²) in [5, 5.41) is 3.12. The molecular formula is C21H21BrN2O4. The second-order valence-electron chi connectivity index (χ2n) is 6.31. The predicted molar refractivity (Wildman–Crippen MR) is 112 cm³/mol. The SMILES string of the molecule is CCOC(=O)C1(C)C(Br)=C(Nc2ccc(OC)cc2)C(=O)N1c1ccccc1. The van der Waals surface area contributed by atoms with Gasteiger partial charge in [0.25, 0.3) is 5.91 Å². The number of para-hydroxylation sites is 1. The first kappa shape index (κ1) is 19.9. The Bertz CT molecular complexity index is 912. The van der Waals surface area contributed by atoms with Crippen LogP contribution in [0.25, 0.3) is 0 Å². The molecule has 0 bridgehead atoms.